The molecule has 0 aromatic heterocycles. The van der Waals surface area contributed by atoms with Crippen molar-refractivity contribution in [2.45, 2.75) is 19.5 Å². The molecule has 2 aliphatic heterocycles. The number of nitrogens with two attached hydrogens (primary N) is 2. The molecule has 2 aromatic rings. The van der Waals surface area contributed by atoms with Crippen molar-refractivity contribution in [2.75, 3.05) is 13.1 Å². The van der Waals surface area contributed by atoms with E-state index in [4.69, 9.17) is 11.5 Å². The van der Waals surface area contributed by atoms with E-state index in [2.05, 4.69) is 45.5 Å². The fraction of sp³-hybridized carbons (Fsp3) is 0.263. The Kier molecular flexibility index (Phi) is 3.37. The number of amidine groups is 2. The molecule has 0 bridgehead atoms. The Morgan fingerprint density at radius 3 is 1.57 bits per heavy atom. The predicted molar refractivity (Wildman–Crippen MR) is 91.8 cm³/mol. The molecule has 0 unspecified atom stereocenters. The second kappa shape index (κ2) is 5.54. The number of fused-ring (bicyclic) bond motifs is 2. The van der Waals surface area contributed by atoms with E-state index in [1.54, 1.807) is 0 Å². The second-order valence-corrected chi connectivity index (χ2v) is 6.28. The maximum atomic E-state index is 6.28. The maximum absolute atomic E-state index is 6.28. The third kappa shape index (κ3) is 2.40. The van der Waals surface area contributed by atoms with E-state index < -0.39 is 0 Å². The number of nitrogens with zero attached hydrogens (tertiary/aromatic N) is 2. The highest BCUT2D eigenvalue weighted by molar-refractivity contribution is 5.96. The summed E-state index contributed by atoms with van der Waals surface area (Å²) in [6.07, 6.45) is 1.05. The summed E-state index contributed by atoms with van der Waals surface area (Å²) in [7, 11) is 0. The van der Waals surface area contributed by atoms with Crippen LogP contribution in [0.1, 0.15) is 28.7 Å². The van der Waals surface area contributed by atoms with E-state index in [1.165, 1.54) is 22.3 Å². The first-order valence-corrected chi connectivity index (χ1v) is 8.15. The first kappa shape index (κ1) is 14.0. The van der Waals surface area contributed by atoms with Gasteiger partial charge in [-0.3, -0.25) is 20.6 Å². The molecule has 0 amide bonds. The van der Waals surface area contributed by atoms with Crippen molar-refractivity contribution in [2.24, 2.45) is 11.5 Å². The number of benzene rings is 2. The molecule has 4 N–H and O–H groups in total. The smallest absolute Gasteiger partial charge is 0.275 e. The molecule has 0 atom stereocenters. The van der Waals surface area contributed by atoms with E-state index in [0.717, 1.165) is 44.3 Å². The third-order valence-corrected chi connectivity index (χ3v) is 4.85. The molecule has 23 heavy (non-hydrogen) atoms. The minimum absolute atomic E-state index is 0.905. The Labute approximate surface area is 136 Å². The molecule has 2 aromatic carbocycles. The van der Waals surface area contributed by atoms with Crippen molar-refractivity contribution in [3.8, 4) is 0 Å². The van der Waals surface area contributed by atoms with E-state index in [9.17, 15) is 0 Å². The number of rotatable bonds is 4. The molecule has 0 saturated carbocycles. The minimum atomic E-state index is 0.905. The Balaban J connectivity index is 1.41. The van der Waals surface area contributed by atoms with Gasteiger partial charge in [-0.25, -0.2) is 0 Å². The summed E-state index contributed by atoms with van der Waals surface area (Å²) in [5.41, 5.74) is 17.6. The van der Waals surface area contributed by atoms with Gasteiger partial charge in [-0.05, 0) is 12.1 Å². The van der Waals surface area contributed by atoms with Crippen molar-refractivity contribution < 1.29 is 9.15 Å². The standard InChI is InChI=1S/C19H20N4/c20-18-16-8-3-1-6-14(16)12-22(18)10-5-11-23-13-15-7-2-4-9-17(15)19(23)21/h1-4,6-9,20-21H,5,10-13H2/p+2. The van der Waals surface area contributed by atoms with Crippen LogP contribution in [0.25, 0.3) is 0 Å². The topological polar surface area (TPSA) is 58.1 Å². The molecule has 116 valence electrons. The summed E-state index contributed by atoms with van der Waals surface area (Å²) in [5.74, 6) is 1.81. The lowest BCUT2D eigenvalue weighted by atomic mass is 10.1. The highest BCUT2D eigenvalue weighted by Gasteiger charge is 2.26. The molecule has 4 heteroatoms. The highest BCUT2D eigenvalue weighted by Crippen LogP contribution is 2.18. The molecule has 0 fully saturated rings. The Hall–Kier alpha value is -2.62. The van der Waals surface area contributed by atoms with Crippen LogP contribution in [0.5, 0.6) is 0 Å². The first-order chi connectivity index (χ1) is 11.2. The molecule has 4 nitrogen and oxygen atoms in total. The van der Waals surface area contributed by atoms with Crippen molar-refractivity contribution in [3.63, 3.8) is 0 Å². The zero-order valence-electron chi connectivity index (χ0n) is 13.2. The molecule has 0 radical (unpaired) electrons. The quantitative estimate of drug-likeness (QED) is 0.835. The van der Waals surface area contributed by atoms with Gasteiger partial charge in [0.15, 0.2) is 0 Å². The molecule has 0 saturated heterocycles. The molecule has 0 spiro atoms. The first-order valence-electron chi connectivity index (χ1n) is 8.15. The van der Waals surface area contributed by atoms with Gasteiger partial charge in [-0.2, -0.15) is 0 Å². The fourth-order valence-electron chi connectivity index (χ4n) is 3.59. The average Bonchev–Trinajstić information content (AvgIpc) is 3.07. The van der Waals surface area contributed by atoms with Gasteiger partial charge >= 0.3 is 0 Å². The lowest BCUT2D eigenvalue weighted by Gasteiger charge is -2.05. The van der Waals surface area contributed by atoms with E-state index >= 15 is 0 Å². The number of hydrogen-bond donors (Lipinski definition) is 2. The monoisotopic (exact) mass is 306 g/mol. The van der Waals surface area contributed by atoms with Crippen LogP contribution in [0.15, 0.2) is 48.5 Å². The summed E-state index contributed by atoms with van der Waals surface area (Å²) in [6.45, 7) is 3.75. The van der Waals surface area contributed by atoms with Gasteiger partial charge in [0.25, 0.3) is 11.7 Å². The number of hydrogen-bond acceptors (Lipinski definition) is 2. The van der Waals surface area contributed by atoms with E-state index in [-0.39, 0.29) is 0 Å². The molecular weight excluding hydrogens is 284 g/mol. The van der Waals surface area contributed by atoms with Gasteiger partial charge in [0.05, 0.1) is 24.2 Å². The minimum Gasteiger partial charge on any atom is -0.287 e. The van der Waals surface area contributed by atoms with Crippen molar-refractivity contribution >= 4 is 11.7 Å². The highest BCUT2D eigenvalue weighted by atomic mass is 15.1. The molecular formula is C19H22N4+2. The van der Waals surface area contributed by atoms with Gasteiger partial charge in [-0.1, -0.05) is 36.4 Å². The summed E-state index contributed by atoms with van der Waals surface area (Å²) in [4.78, 5) is 0. The largest absolute Gasteiger partial charge is 0.287 e. The van der Waals surface area contributed by atoms with Crippen LogP contribution in [0.4, 0.5) is 0 Å². The Morgan fingerprint density at radius 1 is 0.696 bits per heavy atom. The van der Waals surface area contributed by atoms with Crippen molar-refractivity contribution in [1.82, 2.24) is 0 Å². The maximum Gasteiger partial charge on any atom is 0.275 e. The third-order valence-electron chi connectivity index (χ3n) is 4.85. The summed E-state index contributed by atoms with van der Waals surface area (Å²) in [6, 6.07) is 16.8. The van der Waals surface area contributed by atoms with Crippen LogP contribution in [0.2, 0.25) is 0 Å². The summed E-state index contributed by atoms with van der Waals surface area (Å²) >= 11 is 0. The normalized spacial score (nSPS) is 16.0. The van der Waals surface area contributed by atoms with Crippen LogP contribution in [0.3, 0.4) is 0 Å². The molecule has 0 aliphatic carbocycles. The van der Waals surface area contributed by atoms with Gasteiger partial charge in [0.2, 0.25) is 0 Å². The SMILES string of the molecule is NC1=[N+](CCC[N+]2=C(N)c3ccccc3C2)Cc2ccccc21. The van der Waals surface area contributed by atoms with Crippen molar-refractivity contribution in [3.05, 3.63) is 70.8 Å². The zero-order valence-corrected chi connectivity index (χ0v) is 13.2. The predicted octanol–water partition coefficient (Wildman–Crippen LogP) is 1.24. The summed E-state index contributed by atoms with van der Waals surface area (Å²) < 4.78 is 4.54. The lowest BCUT2D eigenvalue weighted by molar-refractivity contribution is -0.567. The average molecular weight is 306 g/mol. The Bertz CT molecular complexity index is 763. The van der Waals surface area contributed by atoms with Gasteiger partial charge in [0, 0.05) is 17.5 Å². The summed E-state index contributed by atoms with van der Waals surface area (Å²) in [5, 5.41) is 0. The van der Waals surface area contributed by atoms with E-state index in [1.807, 2.05) is 12.1 Å². The fourth-order valence-corrected chi connectivity index (χ4v) is 3.59. The van der Waals surface area contributed by atoms with Gasteiger partial charge in [-0.15, -0.1) is 0 Å². The zero-order chi connectivity index (χ0) is 15.8. The van der Waals surface area contributed by atoms with Gasteiger partial charge < -0.3 is 0 Å². The van der Waals surface area contributed by atoms with Crippen molar-refractivity contribution in [1.29, 1.82) is 0 Å². The molecule has 2 heterocycles. The van der Waals surface area contributed by atoms with Crippen LogP contribution in [0, 0.1) is 0 Å². The van der Waals surface area contributed by atoms with Crippen LogP contribution in [-0.2, 0) is 13.1 Å². The van der Waals surface area contributed by atoms with Gasteiger partial charge in [0.1, 0.15) is 13.1 Å². The molecule has 4 rings (SSSR count). The lowest BCUT2D eigenvalue weighted by Crippen LogP contribution is -2.28. The molecule has 2 aliphatic rings. The van der Waals surface area contributed by atoms with E-state index in [0.29, 0.717) is 0 Å². The van der Waals surface area contributed by atoms with Crippen LogP contribution < -0.4 is 11.5 Å². The second-order valence-electron chi connectivity index (χ2n) is 6.28. The Morgan fingerprint density at radius 2 is 1.13 bits per heavy atom. The van der Waals surface area contributed by atoms with Crippen LogP contribution >= 0.6 is 0 Å². The van der Waals surface area contributed by atoms with Crippen LogP contribution in [-0.4, -0.2) is 33.9 Å².